The van der Waals surface area contributed by atoms with Crippen molar-refractivity contribution in [1.82, 2.24) is 20.0 Å². The summed E-state index contributed by atoms with van der Waals surface area (Å²) >= 11 is 0. The summed E-state index contributed by atoms with van der Waals surface area (Å²) in [5.41, 5.74) is 0.200. The van der Waals surface area contributed by atoms with E-state index in [-0.39, 0.29) is 41.5 Å². The lowest BCUT2D eigenvalue weighted by atomic mass is 9.75. The molecule has 3 unspecified atom stereocenters. The first-order valence-corrected chi connectivity index (χ1v) is 11.0. The van der Waals surface area contributed by atoms with Crippen molar-refractivity contribution in [2.45, 2.75) is 57.1 Å². The molecule has 2 aliphatic heterocycles. The number of hydrogen-bond donors (Lipinski definition) is 1. The quantitative estimate of drug-likeness (QED) is 0.349. The molecule has 1 amide bonds. The Morgan fingerprint density at radius 2 is 1.86 bits per heavy atom. The molecule has 29 heavy (non-hydrogen) atoms. The van der Waals surface area contributed by atoms with Gasteiger partial charge in [-0.1, -0.05) is 19.8 Å². The third-order valence-corrected chi connectivity index (χ3v) is 6.90. The fourth-order valence-corrected chi connectivity index (χ4v) is 5.05. The number of carbonyl (C=O) groups excluding carboxylic acids is 1. The Morgan fingerprint density at radius 3 is 2.41 bits per heavy atom. The second-order valence-electron chi connectivity index (χ2n) is 9.04. The number of nitrogens with zero attached hydrogens (tertiary/aromatic N) is 4. The van der Waals surface area contributed by atoms with E-state index in [4.69, 9.17) is 4.74 Å². The number of aliphatic imine (C=N–C) groups is 1. The highest BCUT2D eigenvalue weighted by molar-refractivity contribution is 14.0. The van der Waals surface area contributed by atoms with E-state index >= 15 is 0 Å². The first-order chi connectivity index (χ1) is 13.4. The number of piperazine rings is 1. The van der Waals surface area contributed by atoms with E-state index in [2.05, 4.69) is 41.1 Å². The topological polar surface area (TPSA) is 60.4 Å². The number of ether oxygens (including phenoxy) is 1. The van der Waals surface area contributed by atoms with Gasteiger partial charge in [0.25, 0.3) is 5.91 Å². The maximum absolute atomic E-state index is 12.6. The summed E-state index contributed by atoms with van der Waals surface area (Å²) in [4.78, 5) is 23.7. The van der Waals surface area contributed by atoms with E-state index in [1.165, 1.54) is 25.7 Å². The summed E-state index contributed by atoms with van der Waals surface area (Å²) in [5.74, 6) is 1.90. The average Bonchev–Trinajstić information content (AvgIpc) is 3.23. The smallest absolute Gasteiger partial charge is 0.251 e. The predicted molar refractivity (Wildman–Crippen MR) is 128 cm³/mol. The van der Waals surface area contributed by atoms with Crippen molar-refractivity contribution in [3.05, 3.63) is 0 Å². The molecule has 168 valence electrons. The van der Waals surface area contributed by atoms with Crippen LogP contribution < -0.4 is 5.32 Å². The van der Waals surface area contributed by atoms with Crippen LogP contribution in [0, 0.1) is 5.92 Å². The lowest BCUT2D eigenvalue weighted by Crippen LogP contribution is -2.59. The van der Waals surface area contributed by atoms with Crippen LogP contribution >= 0.6 is 24.0 Å². The number of likely N-dealkylation sites (N-methyl/N-ethyl adjacent to an activating group) is 1. The van der Waals surface area contributed by atoms with E-state index in [0.29, 0.717) is 0 Å². The van der Waals surface area contributed by atoms with Crippen molar-refractivity contribution in [1.29, 1.82) is 0 Å². The molecule has 3 atom stereocenters. The third-order valence-electron chi connectivity index (χ3n) is 6.90. The number of guanidine groups is 1. The highest BCUT2D eigenvalue weighted by Crippen LogP contribution is 2.35. The zero-order chi connectivity index (χ0) is 20.1. The van der Waals surface area contributed by atoms with Crippen LogP contribution in [0.1, 0.15) is 45.4 Å². The Bertz CT molecular complexity index is 559. The van der Waals surface area contributed by atoms with Gasteiger partial charge in [0, 0.05) is 51.9 Å². The third kappa shape index (κ3) is 5.97. The Morgan fingerprint density at radius 1 is 1.17 bits per heavy atom. The monoisotopic (exact) mass is 521 g/mol. The molecule has 1 N–H and O–H groups in total. The second-order valence-corrected chi connectivity index (χ2v) is 9.04. The average molecular weight is 521 g/mol. The number of rotatable bonds is 4. The first-order valence-electron chi connectivity index (χ1n) is 11.0. The van der Waals surface area contributed by atoms with Gasteiger partial charge in [-0.15, -0.1) is 24.0 Å². The molecule has 0 bridgehead atoms. The summed E-state index contributed by atoms with van der Waals surface area (Å²) in [6.45, 7) is 7.15. The second kappa shape index (κ2) is 11.1. The highest BCUT2D eigenvalue weighted by atomic mass is 127. The van der Waals surface area contributed by atoms with Gasteiger partial charge in [0.05, 0.1) is 0 Å². The van der Waals surface area contributed by atoms with Gasteiger partial charge in [0.1, 0.15) is 6.10 Å². The Labute approximate surface area is 193 Å². The van der Waals surface area contributed by atoms with Gasteiger partial charge in [0.2, 0.25) is 0 Å². The summed E-state index contributed by atoms with van der Waals surface area (Å²) in [6, 6.07) is 0. The van der Waals surface area contributed by atoms with Crippen LogP contribution in [0.15, 0.2) is 4.99 Å². The Kier molecular flexibility index (Phi) is 9.47. The minimum atomic E-state index is -0.211. The fourth-order valence-electron chi connectivity index (χ4n) is 5.05. The standard InChI is InChI=1S/C21H39N5O2.HI/c1-17-7-5-9-21(15-17,24(3)4)16-23-20(22-2)26-12-10-25(11-13-26)19(27)18-8-6-14-28-18;/h17-18H,5-16H2,1-4H3,(H,22,23);1H. The van der Waals surface area contributed by atoms with Crippen molar-refractivity contribution in [3.63, 3.8) is 0 Å². The maximum atomic E-state index is 12.6. The van der Waals surface area contributed by atoms with Crippen molar-refractivity contribution in [2.24, 2.45) is 10.9 Å². The van der Waals surface area contributed by atoms with E-state index < -0.39 is 0 Å². The zero-order valence-corrected chi connectivity index (χ0v) is 21.0. The summed E-state index contributed by atoms with van der Waals surface area (Å²) in [5, 5.41) is 3.66. The van der Waals surface area contributed by atoms with Gasteiger partial charge in [-0.25, -0.2) is 0 Å². The molecule has 0 aromatic carbocycles. The van der Waals surface area contributed by atoms with Crippen LogP contribution in [0.2, 0.25) is 0 Å². The molecular weight excluding hydrogens is 481 g/mol. The van der Waals surface area contributed by atoms with E-state index in [1.807, 2.05) is 11.9 Å². The van der Waals surface area contributed by atoms with Gasteiger partial charge in [0.15, 0.2) is 5.96 Å². The molecule has 1 aliphatic carbocycles. The highest BCUT2D eigenvalue weighted by Gasteiger charge is 2.37. The van der Waals surface area contributed by atoms with Crippen molar-refractivity contribution < 1.29 is 9.53 Å². The molecule has 3 aliphatic rings. The Balaban J connectivity index is 0.00000300. The molecule has 2 heterocycles. The van der Waals surface area contributed by atoms with Crippen molar-refractivity contribution in [3.8, 4) is 0 Å². The van der Waals surface area contributed by atoms with E-state index in [9.17, 15) is 4.79 Å². The minimum Gasteiger partial charge on any atom is -0.368 e. The van der Waals surface area contributed by atoms with Crippen LogP contribution in [0.3, 0.4) is 0 Å². The maximum Gasteiger partial charge on any atom is 0.251 e. The molecule has 1 saturated carbocycles. The molecular formula is C21H40IN5O2. The van der Waals surface area contributed by atoms with Crippen molar-refractivity contribution in [2.75, 3.05) is 60.5 Å². The molecule has 2 saturated heterocycles. The van der Waals surface area contributed by atoms with Gasteiger partial charge in [-0.05, 0) is 45.7 Å². The predicted octanol–water partition coefficient (Wildman–Crippen LogP) is 2.01. The SMILES string of the molecule is CN=C(NCC1(N(C)C)CCCC(C)C1)N1CCN(C(=O)C2CCCO2)CC1.I. The van der Waals surface area contributed by atoms with Crippen molar-refractivity contribution >= 4 is 35.8 Å². The first kappa shape index (κ1) is 24.7. The molecule has 0 aromatic heterocycles. The summed E-state index contributed by atoms with van der Waals surface area (Å²) < 4.78 is 5.57. The normalized spacial score (nSPS) is 31.0. The molecule has 7 nitrogen and oxygen atoms in total. The summed E-state index contributed by atoms with van der Waals surface area (Å²) in [7, 11) is 6.27. The molecule has 3 fully saturated rings. The van der Waals surface area contributed by atoms with Gasteiger partial charge < -0.3 is 24.8 Å². The number of carbonyl (C=O) groups is 1. The Hall–Kier alpha value is -0.610. The fraction of sp³-hybridized carbons (Fsp3) is 0.905. The molecule has 3 rings (SSSR count). The number of amides is 1. The van der Waals surface area contributed by atoms with Crippen LogP contribution in [-0.4, -0.2) is 98.7 Å². The lowest BCUT2D eigenvalue weighted by Gasteiger charge is -2.46. The van der Waals surface area contributed by atoms with Crippen LogP contribution in [0.5, 0.6) is 0 Å². The van der Waals surface area contributed by atoms with Crippen LogP contribution in [0.25, 0.3) is 0 Å². The molecule has 8 heteroatoms. The van der Waals surface area contributed by atoms with Crippen LogP contribution in [-0.2, 0) is 9.53 Å². The van der Waals surface area contributed by atoms with E-state index in [0.717, 1.165) is 64.0 Å². The lowest BCUT2D eigenvalue weighted by molar-refractivity contribution is -0.142. The minimum absolute atomic E-state index is 0. The zero-order valence-electron chi connectivity index (χ0n) is 18.7. The van der Waals surface area contributed by atoms with Gasteiger partial charge >= 0.3 is 0 Å². The number of halogens is 1. The summed E-state index contributed by atoms with van der Waals surface area (Å²) in [6.07, 6.45) is 6.75. The largest absolute Gasteiger partial charge is 0.368 e. The van der Waals surface area contributed by atoms with Gasteiger partial charge in [-0.2, -0.15) is 0 Å². The molecule has 0 radical (unpaired) electrons. The molecule has 0 spiro atoms. The number of nitrogens with one attached hydrogen (secondary N) is 1. The van der Waals surface area contributed by atoms with Crippen LogP contribution in [0.4, 0.5) is 0 Å². The van der Waals surface area contributed by atoms with E-state index in [1.54, 1.807) is 0 Å². The van der Waals surface area contributed by atoms with Gasteiger partial charge in [-0.3, -0.25) is 9.79 Å². The molecule has 0 aromatic rings. The number of hydrogen-bond acceptors (Lipinski definition) is 4.